The Morgan fingerprint density at radius 1 is 0.872 bits per heavy atom. The summed E-state index contributed by atoms with van der Waals surface area (Å²) in [7, 11) is 0. The van der Waals surface area contributed by atoms with Crippen molar-refractivity contribution in [2.45, 2.75) is 119 Å². The number of ketones is 2. The summed E-state index contributed by atoms with van der Waals surface area (Å²) in [5, 5.41) is 9.86. The maximum Gasteiger partial charge on any atom is 0.373 e. The molecule has 0 amide bonds. The van der Waals surface area contributed by atoms with Crippen LogP contribution in [-0.4, -0.2) is 34.7 Å². The molecule has 0 heterocycles. The van der Waals surface area contributed by atoms with Gasteiger partial charge < -0.3 is 9.84 Å². The lowest BCUT2D eigenvalue weighted by Gasteiger charge is -2.72. The summed E-state index contributed by atoms with van der Waals surface area (Å²) < 4.78 is 5.85. The van der Waals surface area contributed by atoms with Gasteiger partial charge in [0.2, 0.25) is 5.78 Å². The third-order valence-corrected chi connectivity index (χ3v) is 13.3. The Morgan fingerprint density at radius 3 is 2.13 bits per heavy atom. The number of aliphatic carboxylic acids is 1. The van der Waals surface area contributed by atoms with E-state index in [-0.39, 0.29) is 57.8 Å². The summed E-state index contributed by atoms with van der Waals surface area (Å²) in [6.07, 6.45) is 7.10. The van der Waals surface area contributed by atoms with Crippen molar-refractivity contribution < 1.29 is 29.0 Å². The van der Waals surface area contributed by atoms with Gasteiger partial charge in [0.15, 0.2) is 5.78 Å². The van der Waals surface area contributed by atoms with Crippen molar-refractivity contribution in [2.24, 2.45) is 50.7 Å². The minimum atomic E-state index is -1.41. The van der Waals surface area contributed by atoms with E-state index in [1.54, 1.807) is 0 Å². The lowest BCUT2D eigenvalue weighted by atomic mass is 9.33. The lowest BCUT2D eigenvalue weighted by molar-refractivity contribution is -0.232. The largest absolute Gasteiger partial charge is 0.475 e. The van der Waals surface area contributed by atoms with Gasteiger partial charge >= 0.3 is 11.9 Å². The average Bonchev–Trinajstić information content (AvgIpc) is 3.13. The third kappa shape index (κ3) is 3.57. The molecule has 39 heavy (non-hydrogen) atoms. The van der Waals surface area contributed by atoms with Crippen LogP contribution in [0.2, 0.25) is 0 Å². The number of carboxylic acid groups (broad SMARTS) is 1. The van der Waals surface area contributed by atoms with Gasteiger partial charge in [-0.2, -0.15) is 0 Å². The van der Waals surface area contributed by atoms with E-state index in [0.29, 0.717) is 18.3 Å². The molecule has 0 bridgehead atoms. The van der Waals surface area contributed by atoms with Gasteiger partial charge in [0.1, 0.15) is 6.10 Å². The van der Waals surface area contributed by atoms with Crippen LogP contribution < -0.4 is 0 Å². The zero-order valence-corrected chi connectivity index (χ0v) is 25.2. The number of Topliss-reactive ketones (excluding diaryl/α,β-unsaturated/α-hetero) is 2. The summed E-state index contributed by atoms with van der Waals surface area (Å²) in [6, 6.07) is 0. The number of allylic oxidation sites excluding steroid dienone is 2. The van der Waals surface area contributed by atoms with E-state index >= 15 is 0 Å². The number of fused-ring (bicyclic) bond motifs is 7. The van der Waals surface area contributed by atoms with Crippen LogP contribution in [0.25, 0.3) is 0 Å². The Kier molecular flexibility index (Phi) is 6.41. The summed E-state index contributed by atoms with van der Waals surface area (Å²) in [6.45, 7) is 17.4. The molecule has 0 aromatic carbocycles. The van der Waals surface area contributed by atoms with E-state index in [9.17, 15) is 24.3 Å². The molecule has 5 aliphatic carbocycles. The Morgan fingerprint density at radius 2 is 1.54 bits per heavy atom. The Hall–Kier alpha value is -1.98. The van der Waals surface area contributed by atoms with Crippen LogP contribution in [0.1, 0.15) is 113 Å². The summed E-state index contributed by atoms with van der Waals surface area (Å²) >= 11 is 0. The van der Waals surface area contributed by atoms with Crippen LogP contribution in [0.3, 0.4) is 0 Å². The van der Waals surface area contributed by atoms with Gasteiger partial charge in [-0.1, -0.05) is 48.5 Å². The minimum Gasteiger partial charge on any atom is -0.475 e. The van der Waals surface area contributed by atoms with Crippen LogP contribution in [0, 0.1) is 50.7 Å². The van der Waals surface area contributed by atoms with Crippen LogP contribution in [-0.2, 0) is 23.9 Å². The zero-order chi connectivity index (χ0) is 28.9. The Balaban J connectivity index is 1.58. The number of hydrogen-bond acceptors (Lipinski definition) is 5. The van der Waals surface area contributed by atoms with E-state index in [0.717, 1.165) is 56.1 Å². The molecule has 0 aromatic heterocycles. The van der Waals surface area contributed by atoms with Crippen molar-refractivity contribution in [1.29, 1.82) is 0 Å². The minimum absolute atomic E-state index is 0.00464. The molecule has 4 saturated carbocycles. The van der Waals surface area contributed by atoms with Gasteiger partial charge in [0.05, 0.1) is 5.41 Å². The number of carboxylic acids is 1. The summed E-state index contributed by atoms with van der Waals surface area (Å²) in [4.78, 5) is 50.8. The second kappa shape index (κ2) is 8.76. The highest BCUT2D eigenvalue weighted by molar-refractivity contribution is 6.37. The number of rotatable bonds is 4. The molecule has 5 rings (SSSR count). The molecule has 0 spiro atoms. The van der Waals surface area contributed by atoms with Crippen molar-refractivity contribution >= 4 is 23.5 Å². The van der Waals surface area contributed by atoms with Crippen molar-refractivity contribution in [1.82, 2.24) is 0 Å². The lowest BCUT2D eigenvalue weighted by Crippen LogP contribution is -2.66. The fraction of sp³-hybridized carbons (Fsp3) is 0.818. The highest BCUT2D eigenvalue weighted by atomic mass is 16.5. The maximum atomic E-state index is 13.4. The molecule has 1 N–H and O–H groups in total. The Bertz CT molecular complexity index is 1160. The number of carbonyl (C=O) groups excluding carboxylic acids is 3. The van der Waals surface area contributed by atoms with E-state index < -0.39 is 17.2 Å². The molecule has 0 radical (unpaired) electrons. The molecule has 4 fully saturated rings. The van der Waals surface area contributed by atoms with Gasteiger partial charge in [-0.05, 0) is 102 Å². The molecule has 6 heteroatoms. The molecule has 0 aliphatic heterocycles. The molecule has 216 valence electrons. The van der Waals surface area contributed by atoms with Crippen molar-refractivity contribution in [3.63, 3.8) is 0 Å². The number of carbonyl (C=O) groups is 4. The van der Waals surface area contributed by atoms with Crippen LogP contribution in [0.15, 0.2) is 11.1 Å². The normalized spacial score (nSPS) is 44.7. The van der Waals surface area contributed by atoms with Gasteiger partial charge in [-0.15, -0.1) is 0 Å². The summed E-state index contributed by atoms with van der Waals surface area (Å²) in [5.41, 5.74) is 0.348. The topological polar surface area (TPSA) is 97.7 Å². The van der Waals surface area contributed by atoms with Crippen molar-refractivity contribution in [3.05, 3.63) is 11.1 Å². The van der Waals surface area contributed by atoms with Gasteiger partial charge in [0, 0.05) is 18.8 Å². The van der Waals surface area contributed by atoms with E-state index in [4.69, 9.17) is 4.74 Å². The second-order valence-electron chi connectivity index (χ2n) is 15.4. The van der Waals surface area contributed by atoms with Crippen LogP contribution in [0.5, 0.6) is 0 Å². The second-order valence-corrected chi connectivity index (χ2v) is 15.4. The van der Waals surface area contributed by atoms with Crippen LogP contribution >= 0.6 is 0 Å². The molecule has 6 nitrogen and oxygen atoms in total. The fourth-order valence-corrected chi connectivity index (χ4v) is 11.5. The molecule has 8 atom stereocenters. The first kappa shape index (κ1) is 28.5. The predicted octanol–water partition coefficient (Wildman–Crippen LogP) is 6.55. The van der Waals surface area contributed by atoms with Crippen molar-refractivity contribution in [3.8, 4) is 0 Å². The first-order chi connectivity index (χ1) is 18.0. The average molecular weight is 541 g/mol. The monoisotopic (exact) mass is 540 g/mol. The van der Waals surface area contributed by atoms with Gasteiger partial charge in [0.25, 0.3) is 0 Å². The standard InChI is InChI=1S/C33H48O6/c1-18(2)25-21(35)17-33(27(36)28(37)38)16-15-31(7)20(26(25)33)9-10-23-30(6)13-12-24(39-19(3)34)29(4,5)22(30)11-14-32(23,31)8/h18,20,22-24H,9-17H2,1-8H3,(H,37,38)/t20-,22+,23-,24+,30+,31-,32-,33-/m1/s1. The molecule has 0 saturated heterocycles. The number of ether oxygens (including phenoxy) is 1. The third-order valence-electron chi connectivity index (χ3n) is 13.3. The maximum absolute atomic E-state index is 13.4. The van der Waals surface area contributed by atoms with Gasteiger partial charge in [-0.25, -0.2) is 4.79 Å². The number of esters is 1. The SMILES string of the molecule is CC(=O)O[C@H]1CC[C@]2(C)[C@H]3CC[C@@H]4C5=C(C(C)C)C(=O)C[C@]5(C(=O)C(=O)O)CC[C@@]4(C)[C@]3(C)CC[C@H]2C1(C)C. The first-order valence-electron chi connectivity index (χ1n) is 15.2. The van der Waals surface area contributed by atoms with Crippen molar-refractivity contribution in [2.75, 3.05) is 0 Å². The molecule has 5 aliphatic rings. The molecular weight excluding hydrogens is 492 g/mol. The Labute approximate surface area is 233 Å². The van der Waals surface area contributed by atoms with Gasteiger partial charge in [-0.3, -0.25) is 14.4 Å². The molecular formula is C33H48O6. The van der Waals surface area contributed by atoms with Crippen LogP contribution in [0.4, 0.5) is 0 Å². The van der Waals surface area contributed by atoms with E-state index in [1.807, 2.05) is 13.8 Å². The highest BCUT2D eigenvalue weighted by Crippen LogP contribution is 2.76. The quantitative estimate of drug-likeness (QED) is 0.321. The predicted molar refractivity (Wildman–Crippen MR) is 148 cm³/mol. The van der Waals surface area contributed by atoms with E-state index in [2.05, 4.69) is 34.6 Å². The fourth-order valence-electron chi connectivity index (χ4n) is 11.5. The van der Waals surface area contributed by atoms with E-state index in [1.165, 1.54) is 6.92 Å². The molecule has 0 aromatic rings. The smallest absolute Gasteiger partial charge is 0.373 e. The summed E-state index contributed by atoms with van der Waals surface area (Å²) in [5.74, 6) is -1.48. The first-order valence-corrected chi connectivity index (χ1v) is 15.2. The number of hydrogen-bond donors (Lipinski definition) is 1. The highest BCUT2D eigenvalue weighted by Gasteiger charge is 2.71. The molecule has 0 unspecified atom stereocenters. The zero-order valence-electron chi connectivity index (χ0n) is 25.2.